The van der Waals surface area contributed by atoms with Gasteiger partial charge in [0.2, 0.25) is 5.91 Å². The summed E-state index contributed by atoms with van der Waals surface area (Å²) in [6, 6.07) is 5.37. The van der Waals surface area contributed by atoms with E-state index < -0.39 is 5.91 Å². The summed E-state index contributed by atoms with van der Waals surface area (Å²) in [6.07, 6.45) is 5.01. The largest absolute Gasteiger partial charge is 0.366 e. The highest BCUT2D eigenvalue weighted by molar-refractivity contribution is 5.96. The number of ether oxygens (including phenoxy) is 1. The molecule has 1 saturated heterocycles. The average molecular weight is 245 g/mol. The van der Waals surface area contributed by atoms with Crippen LogP contribution in [0.15, 0.2) is 24.4 Å². The van der Waals surface area contributed by atoms with E-state index in [9.17, 15) is 4.79 Å². The first-order valence-corrected chi connectivity index (χ1v) is 6.14. The maximum atomic E-state index is 11.1. The van der Waals surface area contributed by atoms with Gasteiger partial charge >= 0.3 is 0 Å². The van der Waals surface area contributed by atoms with Crippen molar-refractivity contribution in [2.45, 2.75) is 25.5 Å². The van der Waals surface area contributed by atoms with Crippen LogP contribution in [0.5, 0.6) is 0 Å². The maximum absolute atomic E-state index is 11.1. The number of benzene rings is 1. The molecule has 1 aromatic carbocycles. The molecule has 94 valence electrons. The van der Waals surface area contributed by atoms with Gasteiger partial charge in [0.1, 0.15) is 0 Å². The number of carbonyl (C=O) groups is 1. The lowest BCUT2D eigenvalue weighted by molar-refractivity contribution is -0.0366. The molecule has 2 N–H and O–H groups in total. The van der Waals surface area contributed by atoms with E-state index in [1.165, 1.54) is 0 Å². The Morgan fingerprint density at radius 3 is 3.06 bits per heavy atom. The lowest BCUT2D eigenvalue weighted by Gasteiger charge is -2.23. The second kappa shape index (κ2) is 4.42. The van der Waals surface area contributed by atoms with Crippen LogP contribution in [0.25, 0.3) is 10.9 Å². The summed E-state index contributed by atoms with van der Waals surface area (Å²) in [4.78, 5) is 11.1. The molecule has 2 heterocycles. The molecular formula is C13H15N3O2. The van der Waals surface area contributed by atoms with Gasteiger partial charge in [-0.25, -0.2) is 4.68 Å². The Kier molecular flexibility index (Phi) is 2.76. The van der Waals surface area contributed by atoms with Crippen LogP contribution in [-0.4, -0.2) is 22.3 Å². The minimum Gasteiger partial charge on any atom is -0.366 e. The van der Waals surface area contributed by atoms with E-state index in [-0.39, 0.29) is 6.23 Å². The van der Waals surface area contributed by atoms with Crippen molar-refractivity contribution in [3.8, 4) is 0 Å². The zero-order chi connectivity index (χ0) is 12.5. The molecule has 3 rings (SSSR count). The van der Waals surface area contributed by atoms with Crippen LogP contribution < -0.4 is 5.73 Å². The number of nitrogens with zero attached hydrogens (tertiary/aromatic N) is 2. The number of primary amides is 1. The Morgan fingerprint density at radius 2 is 2.33 bits per heavy atom. The molecular weight excluding hydrogens is 230 g/mol. The Bertz CT molecular complexity index is 585. The van der Waals surface area contributed by atoms with Crippen molar-refractivity contribution in [1.29, 1.82) is 0 Å². The van der Waals surface area contributed by atoms with Gasteiger partial charge in [0.25, 0.3) is 0 Å². The van der Waals surface area contributed by atoms with Crippen LogP contribution in [0.4, 0.5) is 0 Å². The standard InChI is InChI=1S/C13H15N3O2/c14-13(17)9-4-5-11-10(7-9)8-15-16(11)12-3-1-2-6-18-12/h4-5,7-8,12H,1-3,6H2,(H2,14,17). The highest BCUT2D eigenvalue weighted by Crippen LogP contribution is 2.26. The van der Waals surface area contributed by atoms with E-state index >= 15 is 0 Å². The van der Waals surface area contributed by atoms with Crippen LogP contribution in [-0.2, 0) is 4.74 Å². The third kappa shape index (κ3) is 1.86. The quantitative estimate of drug-likeness (QED) is 0.877. The lowest BCUT2D eigenvalue weighted by Crippen LogP contribution is -2.19. The van der Waals surface area contributed by atoms with Crippen LogP contribution in [0.3, 0.4) is 0 Å². The van der Waals surface area contributed by atoms with Gasteiger partial charge in [0.05, 0.1) is 11.7 Å². The van der Waals surface area contributed by atoms with Crippen molar-refractivity contribution in [2.24, 2.45) is 5.73 Å². The minimum absolute atomic E-state index is 0.00989. The van der Waals surface area contributed by atoms with E-state index in [4.69, 9.17) is 10.5 Å². The molecule has 1 atom stereocenters. The van der Waals surface area contributed by atoms with Crippen LogP contribution >= 0.6 is 0 Å². The Balaban J connectivity index is 2.01. The highest BCUT2D eigenvalue weighted by atomic mass is 16.5. The Labute approximate surface area is 105 Å². The number of hydrogen-bond donors (Lipinski definition) is 1. The third-order valence-electron chi connectivity index (χ3n) is 3.31. The molecule has 1 unspecified atom stereocenters. The molecule has 0 radical (unpaired) electrons. The number of aromatic nitrogens is 2. The Morgan fingerprint density at radius 1 is 1.44 bits per heavy atom. The molecule has 18 heavy (non-hydrogen) atoms. The summed E-state index contributed by atoms with van der Waals surface area (Å²) in [5.41, 5.74) is 6.75. The second-order valence-corrected chi connectivity index (χ2v) is 4.55. The van der Waals surface area contributed by atoms with Gasteiger partial charge in [-0.3, -0.25) is 4.79 Å². The van der Waals surface area contributed by atoms with Crippen molar-refractivity contribution in [1.82, 2.24) is 9.78 Å². The molecule has 1 amide bonds. The number of amides is 1. The van der Waals surface area contributed by atoms with Crippen molar-refractivity contribution in [3.63, 3.8) is 0 Å². The topological polar surface area (TPSA) is 70.1 Å². The normalized spacial score (nSPS) is 20.1. The van der Waals surface area contributed by atoms with Gasteiger partial charge in [-0.15, -0.1) is 0 Å². The predicted molar refractivity (Wildman–Crippen MR) is 67.1 cm³/mol. The van der Waals surface area contributed by atoms with Gasteiger partial charge in [0.15, 0.2) is 6.23 Å². The van der Waals surface area contributed by atoms with Gasteiger partial charge < -0.3 is 10.5 Å². The lowest BCUT2D eigenvalue weighted by atomic mass is 10.1. The summed E-state index contributed by atoms with van der Waals surface area (Å²) in [7, 11) is 0. The summed E-state index contributed by atoms with van der Waals surface area (Å²) >= 11 is 0. The van der Waals surface area contributed by atoms with E-state index in [1.807, 2.05) is 10.7 Å². The van der Waals surface area contributed by atoms with Crippen molar-refractivity contribution in [2.75, 3.05) is 6.61 Å². The van der Waals surface area contributed by atoms with Crippen LogP contribution in [0.2, 0.25) is 0 Å². The fraction of sp³-hybridized carbons (Fsp3) is 0.385. The number of hydrogen-bond acceptors (Lipinski definition) is 3. The van der Waals surface area contributed by atoms with Crippen molar-refractivity contribution < 1.29 is 9.53 Å². The number of fused-ring (bicyclic) bond motifs is 1. The Hall–Kier alpha value is -1.88. The number of rotatable bonds is 2. The molecule has 0 saturated carbocycles. The molecule has 0 aliphatic carbocycles. The molecule has 0 bridgehead atoms. The highest BCUT2D eigenvalue weighted by Gasteiger charge is 2.18. The zero-order valence-corrected chi connectivity index (χ0v) is 10.0. The van der Waals surface area contributed by atoms with Crippen LogP contribution in [0.1, 0.15) is 35.8 Å². The van der Waals surface area contributed by atoms with Crippen molar-refractivity contribution >= 4 is 16.8 Å². The third-order valence-corrected chi connectivity index (χ3v) is 3.31. The summed E-state index contributed by atoms with van der Waals surface area (Å²) in [5.74, 6) is -0.418. The second-order valence-electron chi connectivity index (χ2n) is 4.55. The first kappa shape index (κ1) is 11.2. The van der Waals surface area contributed by atoms with E-state index in [2.05, 4.69) is 5.10 Å². The number of nitrogens with two attached hydrogens (primary N) is 1. The molecule has 1 fully saturated rings. The van der Waals surface area contributed by atoms with Gasteiger partial charge in [-0.2, -0.15) is 5.10 Å². The molecule has 1 aromatic heterocycles. The van der Waals surface area contributed by atoms with E-state index in [0.717, 1.165) is 36.8 Å². The SMILES string of the molecule is NC(=O)c1ccc2c(cnn2C2CCCCO2)c1. The summed E-state index contributed by atoms with van der Waals surface area (Å²) < 4.78 is 7.61. The fourth-order valence-corrected chi connectivity index (χ4v) is 2.35. The van der Waals surface area contributed by atoms with E-state index in [0.29, 0.717) is 5.56 Å². The summed E-state index contributed by atoms with van der Waals surface area (Å²) in [6.45, 7) is 0.783. The van der Waals surface area contributed by atoms with Crippen LogP contribution in [0, 0.1) is 0 Å². The average Bonchev–Trinajstić information content (AvgIpc) is 2.82. The molecule has 5 heteroatoms. The van der Waals surface area contributed by atoms with Crippen molar-refractivity contribution in [3.05, 3.63) is 30.0 Å². The molecule has 5 nitrogen and oxygen atoms in total. The predicted octanol–water partition coefficient (Wildman–Crippen LogP) is 1.83. The smallest absolute Gasteiger partial charge is 0.248 e. The molecule has 1 aliphatic rings. The monoisotopic (exact) mass is 245 g/mol. The van der Waals surface area contributed by atoms with E-state index in [1.54, 1.807) is 18.3 Å². The van der Waals surface area contributed by atoms with Gasteiger partial charge in [-0.05, 0) is 37.5 Å². The zero-order valence-electron chi connectivity index (χ0n) is 10.0. The molecule has 2 aromatic rings. The summed E-state index contributed by atoms with van der Waals surface area (Å²) in [5, 5.41) is 5.28. The maximum Gasteiger partial charge on any atom is 0.248 e. The molecule has 1 aliphatic heterocycles. The first-order valence-electron chi connectivity index (χ1n) is 6.14. The van der Waals surface area contributed by atoms with Gasteiger partial charge in [0, 0.05) is 17.6 Å². The first-order chi connectivity index (χ1) is 8.75. The minimum atomic E-state index is -0.418. The van der Waals surface area contributed by atoms with Gasteiger partial charge in [-0.1, -0.05) is 0 Å². The molecule has 0 spiro atoms. The fourth-order valence-electron chi connectivity index (χ4n) is 2.35. The number of carbonyl (C=O) groups excluding carboxylic acids is 1.